The predicted molar refractivity (Wildman–Crippen MR) is 484 cm³/mol. The highest BCUT2D eigenvalue weighted by atomic mass is 16.5. The molecule has 0 spiro atoms. The van der Waals surface area contributed by atoms with Gasteiger partial charge >= 0.3 is 18.0 Å². The summed E-state index contributed by atoms with van der Waals surface area (Å²) < 4.78 is 18.8. The number of aromatic nitrogens is 6. The fourth-order valence-corrected chi connectivity index (χ4v) is 19.0. The lowest BCUT2D eigenvalue weighted by atomic mass is 10.0. The maximum absolute atomic E-state index is 12.8. The molecular formula is C95H119N19O9. The number of nitrogens with zero attached hydrogens (tertiary/aromatic N) is 19. The van der Waals surface area contributed by atoms with Gasteiger partial charge in [-0.25, -0.2) is 0 Å². The Morgan fingerprint density at radius 2 is 0.789 bits per heavy atom. The Morgan fingerprint density at radius 3 is 1.14 bits per heavy atom. The third-order valence-corrected chi connectivity index (χ3v) is 25.9. The fourth-order valence-electron chi connectivity index (χ4n) is 19.0. The van der Waals surface area contributed by atoms with Crippen molar-refractivity contribution in [1.82, 2.24) is 64.2 Å². The van der Waals surface area contributed by atoms with E-state index in [1.807, 2.05) is 138 Å². The summed E-state index contributed by atoms with van der Waals surface area (Å²) in [5.74, 6) is 3.65. The van der Waals surface area contributed by atoms with Crippen LogP contribution in [0.4, 0.5) is 34.5 Å². The first-order valence-corrected chi connectivity index (χ1v) is 44.2. The van der Waals surface area contributed by atoms with Crippen molar-refractivity contribution in [1.29, 1.82) is 0 Å². The molecule has 3 aromatic heterocycles. The molecule has 6 aromatic carbocycles. The Kier molecular flexibility index (Phi) is 26.9. The smallest absolute Gasteiger partial charge is 0.318 e. The van der Waals surface area contributed by atoms with Gasteiger partial charge in [-0.1, -0.05) is 98.5 Å². The molecule has 9 aliphatic rings. The first-order chi connectivity index (χ1) is 59.9. The van der Waals surface area contributed by atoms with Gasteiger partial charge in [0.1, 0.15) is 54.5 Å². The molecule has 18 rings (SSSR count). The minimum absolute atomic E-state index is 0.0283. The number of phenols is 3. The van der Waals surface area contributed by atoms with Crippen molar-refractivity contribution >= 4 is 84.6 Å². The van der Waals surface area contributed by atoms with Crippen molar-refractivity contribution in [2.75, 3.05) is 208 Å². The maximum Gasteiger partial charge on any atom is 0.318 e. The number of ether oxygens (including phenoxy) is 3. The van der Waals surface area contributed by atoms with Crippen LogP contribution < -0.4 is 43.6 Å². The van der Waals surface area contributed by atoms with Gasteiger partial charge in [0.05, 0.1) is 36.7 Å². The van der Waals surface area contributed by atoms with Crippen molar-refractivity contribution in [2.45, 2.75) is 109 Å². The van der Waals surface area contributed by atoms with Crippen LogP contribution in [-0.4, -0.2) is 294 Å². The topological polar surface area (TPSA) is 259 Å². The number of phenolic OH excluding ortho intramolecular Hbond substituents is 3. The molecule has 3 amide bonds. The number of piperazine rings is 3. The quantitative estimate of drug-likeness (QED) is 0.0565. The van der Waals surface area contributed by atoms with E-state index in [4.69, 9.17) is 44.1 Å². The second kappa shape index (κ2) is 38.9. The van der Waals surface area contributed by atoms with Crippen LogP contribution in [0.2, 0.25) is 0 Å². The molecule has 12 heterocycles. The highest BCUT2D eigenvalue weighted by molar-refractivity contribution is 5.98. The Morgan fingerprint density at radius 1 is 0.439 bits per heavy atom. The molecule has 3 N–H and O–H groups in total. The van der Waals surface area contributed by atoms with Crippen LogP contribution in [-0.2, 0) is 53.3 Å². The van der Waals surface area contributed by atoms with E-state index >= 15 is 0 Å². The molecule has 28 nitrogen and oxygen atoms in total. The monoisotopic (exact) mass is 1670 g/mol. The van der Waals surface area contributed by atoms with E-state index in [1.165, 1.54) is 25.3 Å². The number of hydrogen-bond acceptors (Lipinski definition) is 25. The number of rotatable bonds is 21. The Bertz CT molecular complexity index is 5340. The molecule has 0 unspecified atom stereocenters. The number of benzene rings is 6. The standard InChI is InChI=1S/C33H43N7O3.2C31H38N6O3/c1-36(2)13-7-11-31(42)38-16-18-39(19-17-38)32-28-12-15-40(30-21-26(41)20-24-8-4-5-10-27(24)30)22-29(28)34-33(35-32)43-23-25-9-6-14-37(25)3;1-3-7-29(39)35-14-16-36(17-15-35)30-26-11-13-37(28-19-24(38)18-22-8-4-5-10-25(22)28)20-27(26)32-31(33-30)40-21-23-9-6-12-34(23)2;1-3-29(39)35-14-16-36(17-15-35)30-26-11-13-37(28-19-24(38)18-22-8-5-6-10-25(22)28)20-27(26)32-31(33-30)40-21-23-9-7-12-34(23)4-2/h4-5,7-8,10-11,20-21,25,41H,6,9,12-19,22-23H2,1-3H3;3-5,7-8,10,18-19,23,38H,6,9,11-17,20-21H2,1-2H3;3,5-6,8,10,18-19,23,38H,1,4,7,9,11-17,20-21H2,2H3/b11-7+;7-3+;/t25-;2*23-/m000/s1. The summed E-state index contributed by atoms with van der Waals surface area (Å²) in [5.41, 5.74) is 9.35. The summed E-state index contributed by atoms with van der Waals surface area (Å²) in [5, 5.41) is 37.8. The van der Waals surface area contributed by atoms with Crippen molar-refractivity contribution in [3.05, 3.63) is 180 Å². The molecule has 3 atom stereocenters. The second-order valence-electron chi connectivity index (χ2n) is 34.1. The number of likely N-dealkylation sites (N-methyl/N-ethyl adjacent to an activating group) is 4. The minimum atomic E-state index is -0.0283. The summed E-state index contributed by atoms with van der Waals surface area (Å²) in [6, 6.07) is 37.9. The van der Waals surface area contributed by atoms with Crippen LogP contribution >= 0.6 is 0 Å². The molecule has 123 heavy (non-hydrogen) atoms. The molecule has 0 bridgehead atoms. The van der Waals surface area contributed by atoms with Crippen molar-refractivity contribution in [3.8, 4) is 35.3 Å². The largest absolute Gasteiger partial charge is 0.508 e. The fraction of sp³-hybridized carbons (Fsp3) is 0.463. The lowest BCUT2D eigenvalue weighted by Crippen LogP contribution is -2.49. The molecule has 0 saturated carbocycles. The predicted octanol–water partition coefficient (Wildman–Crippen LogP) is 10.3. The first-order valence-electron chi connectivity index (χ1n) is 44.2. The van der Waals surface area contributed by atoms with Crippen LogP contribution in [0.3, 0.4) is 0 Å². The average Bonchev–Trinajstić information content (AvgIpc) is 1.23. The molecule has 6 saturated heterocycles. The van der Waals surface area contributed by atoms with Crippen molar-refractivity contribution in [2.24, 2.45) is 0 Å². The SMILES string of the molecule is C/C=C/C(=O)N1CCN(c2nc(OC[C@@H]3CCCN3C)nc3c2CCN(c2cc(O)cc4ccccc24)C3)CC1.C=CC(=O)N1CCN(c2nc(OC[C@@H]3CCCN3CC)nc3c2CCN(c2cc(O)cc4ccccc24)C3)CC1.CN(C)C/C=C/C(=O)N1CCN(c2nc(OC[C@@H]3CCCN3C)nc3c2CCN(c2cc(O)cc4ccccc24)C3)CC1. The maximum atomic E-state index is 12.8. The number of carbonyl (C=O) groups is 3. The third-order valence-electron chi connectivity index (χ3n) is 25.9. The van der Waals surface area contributed by atoms with E-state index in [1.54, 1.807) is 18.2 Å². The molecule has 6 fully saturated rings. The van der Waals surface area contributed by atoms with Gasteiger partial charge in [-0.3, -0.25) is 19.3 Å². The number of allylic oxidation sites excluding steroid dienone is 1. The van der Waals surface area contributed by atoms with Crippen LogP contribution in [0.5, 0.6) is 35.3 Å². The molecule has 648 valence electrons. The second-order valence-corrected chi connectivity index (χ2v) is 34.1. The minimum Gasteiger partial charge on any atom is -0.508 e. The van der Waals surface area contributed by atoms with Crippen LogP contribution in [0.1, 0.15) is 86.1 Å². The van der Waals surface area contributed by atoms with Gasteiger partial charge < -0.3 is 88.3 Å². The average molecular weight is 1670 g/mol. The van der Waals surface area contributed by atoms with Gasteiger partial charge in [0.15, 0.2) is 0 Å². The summed E-state index contributed by atoms with van der Waals surface area (Å²) in [4.78, 5) is 95.7. The summed E-state index contributed by atoms with van der Waals surface area (Å²) >= 11 is 0. The number of fused-ring (bicyclic) bond motifs is 6. The molecule has 0 radical (unpaired) electrons. The van der Waals surface area contributed by atoms with E-state index < -0.39 is 0 Å². The molecule has 9 aliphatic heterocycles. The third kappa shape index (κ3) is 19.7. The Labute approximate surface area is 721 Å². The number of amides is 3. The van der Waals surface area contributed by atoms with Gasteiger partial charge in [-0.2, -0.15) is 29.9 Å². The number of anilines is 6. The van der Waals surface area contributed by atoms with E-state index in [9.17, 15) is 29.7 Å². The highest BCUT2D eigenvalue weighted by Gasteiger charge is 2.36. The van der Waals surface area contributed by atoms with E-state index in [0.29, 0.717) is 141 Å². The zero-order chi connectivity index (χ0) is 85.2. The van der Waals surface area contributed by atoms with Crippen LogP contribution in [0.25, 0.3) is 32.3 Å². The molecule has 28 heteroatoms. The number of carbonyl (C=O) groups excluding carboxylic acids is 3. The van der Waals surface area contributed by atoms with Gasteiger partial charge in [-0.05, 0) is 166 Å². The van der Waals surface area contributed by atoms with E-state index in [-0.39, 0.29) is 35.0 Å². The highest BCUT2D eigenvalue weighted by Crippen LogP contribution is 2.42. The number of hydrogen-bond donors (Lipinski definition) is 3. The summed E-state index contributed by atoms with van der Waals surface area (Å²) in [6.07, 6.45) is 17.7. The van der Waals surface area contributed by atoms with Gasteiger partial charge in [0.25, 0.3) is 0 Å². The number of likely N-dealkylation sites (tertiary alicyclic amines) is 3. The summed E-state index contributed by atoms with van der Waals surface area (Å²) in [7, 11) is 8.27. The van der Waals surface area contributed by atoms with Crippen molar-refractivity contribution in [3.63, 3.8) is 0 Å². The number of aromatic hydroxyl groups is 3. The Balaban J connectivity index is 0.000000137. The van der Waals surface area contributed by atoms with Gasteiger partial charge in [0, 0.05) is 197 Å². The van der Waals surface area contributed by atoms with Gasteiger partial charge in [-0.15, -0.1) is 0 Å². The lowest BCUT2D eigenvalue weighted by molar-refractivity contribution is -0.127. The van der Waals surface area contributed by atoms with Gasteiger partial charge in [0.2, 0.25) is 17.7 Å². The normalized spacial score (nSPS) is 19.7. The van der Waals surface area contributed by atoms with Crippen molar-refractivity contribution < 1.29 is 43.9 Å². The lowest BCUT2D eigenvalue weighted by Gasteiger charge is -2.38. The zero-order valence-corrected chi connectivity index (χ0v) is 72.3. The van der Waals surface area contributed by atoms with E-state index in [0.717, 1.165) is 205 Å². The zero-order valence-electron chi connectivity index (χ0n) is 72.3. The first kappa shape index (κ1) is 85.0. The Hall–Kier alpha value is -11.6. The molecule has 9 aromatic rings. The molecule has 0 aliphatic carbocycles. The van der Waals surface area contributed by atoms with Crippen LogP contribution in [0, 0.1) is 0 Å². The van der Waals surface area contributed by atoms with Crippen LogP contribution in [0.15, 0.2) is 146 Å². The molecular weight excluding hydrogens is 1550 g/mol. The van der Waals surface area contributed by atoms with E-state index in [2.05, 4.69) is 89.9 Å². The summed E-state index contributed by atoms with van der Waals surface area (Å²) in [6.45, 7) is 26.8.